The highest BCUT2D eigenvalue weighted by atomic mass is 19.1. The molecule has 2 N–H and O–H groups in total. The average Bonchev–Trinajstić information content (AvgIpc) is 2.25. The maximum atomic E-state index is 13.6. The first kappa shape index (κ1) is 16.9. The van der Waals surface area contributed by atoms with Gasteiger partial charge in [0.25, 0.3) is 0 Å². The molecule has 20 heavy (non-hydrogen) atoms. The molecule has 0 aliphatic carbocycles. The summed E-state index contributed by atoms with van der Waals surface area (Å²) in [6.07, 6.45) is 0. The van der Waals surface area contributed by atoms with Crippen LogP contribution in [0.25, 0.3) is 0 Å². The molecule has 0 bridgehead atoms. The summed E-state index contributed by atoms with van der Waals surface area (Å²) in [5, 5.41) is 20.0. The Morgan fingerprint density at radius 1 is 1.15 bits per heavy atom. The third kappa shape index (κ3) is 3.47. The van der Waals surface area contributed by atoms with Gasteiger partial charge in [-0.15, -0.1) is 0 Å². The van der Waals surface area contributed by atoms with Crippen LogP contribution in [0.5, 0.6) is 5.75 Å². The lowest BCUT2D eigenvalue weighted by Gasteiger charge is -2.38. The van der Waals surface area contributed by atoms with Gasteiger partial charge in [-0.1, -0.05) is 0 Å². The predicted molar refractivity (Wildman–Crippen MR) is 72.0 cm³/mol. The molecule has 0 aromatic heterocycles. The fraction of sp³-hybridized carbons (Fsp3) is 0.538. The third-order valence-corrected chi connectivity index (χ3v) is 3.39. The summed E-state index contributed by atoms with van der Waals surface area (Å²) < 4.78 is 37.0. The van der Waals surface area contributed by atoms with Crippen molar-refractivity contribution >= 4 is 12.6 Å². The minimum atomic E-state index is -1.64. The largest absolute Gasteiger partial charge is 0.495 e. The van der Waals surface area contributed by atoms with E-state index in [9.17, 15) is 18.9 Å². The van der Waals surface area contributed by atoms with E-state index in [1.54, 1.807) is 13.8 Å². The fourth-order valence-electron chi connectivity index (χ4n) is 1.47. The Hall–Kier alpha value is -1.18. The minimum Gasteiger partial charge on any atom is -0.494 e. The summed E-state index contributed by atoms with van der Waals surface area (Å²) in [7, 11) is -0.440. The van der Waals surface area contributed by atoms with Gasteiger partial charge in [0.2, 0.25) is 0 Å². The topological polar surface area (TPSA) is 58.9 Å². The molecule has 0 fully saturated rings. The van der Waals surface area contributed by atoms with E-state index in [1.165, 1.54) is 21.0 Å². The SMILES string of the molecule is COc1c(F)cc(F)cc1B(O)OC(C)(C)C(C)(C)O. The molecule has 0 amide bonds. The molecule has 0 heterocycles. The van der Waals surface area contributed by atoms with E-state index in [0.29, 0.717) is 6.07 Å². The summed E-state index contributed by atoms with van der Waals surface area (Å²) in [4.78, 5) is 0. The van der Waals surface area contributed by atoms with Gasteiger partial charge in [-0.05, 0) is 33.8 Å². The van der Waals surface area contributed by atoms with E-state index in [4.69, 9.17) is 9.39 Å². The van der Waals surface area contributed by atoms with Crippen molar-refractivity contribution in [2.75, 3.05) is 7.11 Å². The first-order valence-electron chi connectivity index (χ1n) is 6.11. The van der Waals surface area contributed by atoms with E-state index in [1.807, 2.05) is 0 Å². The number of benzene rings is 1. The number of halogens is 2. The van der Waals surface area contributed by atoms with Crippen molar-refractivity contribution in [1.82, 2.24) is 0 Å². The maximum Gasteiger partial charge on any atom is 0.495 e. The van der Waals surface area contributed by atoms with E-state index < -0.39 is 30.0 Å². The van der Waals surface area contributed by atoms with Gasteiger partial charge in [0.05, 0.1) is 18.3 Å². The number of ether oxygens (including phenoxy) is 1. The Bertz CT molecular complexity index is 486. The van der Waals surface area contributed by atoms with Crippen LogP contribution in [0.1, 0.15) is 27.7 Å². The second kappa shape index (κ2) is 5.67. The molecule has 0 spiro atoms. The molecule has 0 saturated carbocycles. The molecule has 0 aliphatic heterocycles. The van der Waals surface area contributed by atoms with E-state index in [0.717, 1.165) is 6.07 Å². The van der Waals surface area contributed by atoms with E-state index in [2.05, 4.69) is 0 Å². The molecular weight excluding hydrogens is 269 g/mol. The Balaban J connectivity index is 3.13. The Kier molecular flexibility index (Phi) is 4.79. The highest BCUT2D eigenvalue weighted by Gasteiger charge is 2.40. The Labute approximate surface area is 117 Å². The number of aliphatic hydroxyl groups is 1. The highest BCUT2D eigenvalue weighted by Crippen LogP contribution is 2.26. The van der Waals surface area contributed by atoms with Crippen molar-refractivity contribution in [1.29, 1.82) is 0 Å². The van der Waals surface area contributed by atoms with Crippen molar-refractivity contribution in [3.8, 4) is 5.75 Å². The van der Waals surface area contributed by atoms with Gasteiger partial charge in [-0.3, -0.25) is 0 Å². The summed E-state index contributed by atoms with van der Waals surface area (Å²) in [6, 6.07) is 1.57. The van der Waals surface area contributed by atoms with Gasteiger partial charge in [0.1, 0.15) is 5.82 Å². The van der Waals surface area contributed by atoms with E-state index >= 15 is 0 Å². The van der Waals surface area contributed by atoms with Crippen LogP contribution in [0, 0.1) is 11.6 Å². The minimum absolute atomic E-state index is 0.178. The number of hydrogen-bond donors (Lipinski definition) is 2. The third-order valence-electron chi connectivity index (χ3n) is 3.39. The van der Waals surface area contributed by atoms with Crippen molar-refractivity contribution in [2.45, 2.75) is 38.9 Å². The lowest BCUT2D eigenvalue weighted by Crippen LogP contribution is -2.53. The monoisotopic (exact) mass is 288 g/mol. The summed E-state index contributed by atoms with van der Waals surface area (Å²) in [5.41, 5.74) is -2.60. The van der Waals surface area contributed by atoms with Gasteiger partial charge >= 0.3 is 7.12 Å². The number of methoxy groups -OCH3 is 1. The molecule has 1 aromatic carbocycles. The first-order chi connectivity index (χ1) is 8.99. The van der Waals surface area contributed by atoms with Crippen LogP contribution < -0.4 is 10.2 Å². The second-order valence-corrected chi connectivity index (χ2v) is 5.55. The normalized spacial score (nSPS) is 12.4. The quantitative estimate of drug-likeness (QED) is 0.800. The van der Waals surface area contributed by atoms with E-state index in [-0.39, 0.29) is 11.2 Å². The van der Waals surface area contributed by atoms with Gasteiger partial charge < -0.3 is 19.5 Å². The molecule has 0 radical (unpaired) electrons. The van der Waals surface area contributed by atoms with Crippen LogP contribution in [-0.2, 0) is 4.65 Å². The smallest absolute Gasteiger partial charge is 0.494 e. The van der Waals surface area contributed by atoms with Gasteiger partial charge in [0.15, 0.2) is 11.6 Å². The molecular formula is C13H19BF2O4. The lowest BCUT2D eigenvalue weighted by atomic mass is 9.76. The second-order valence-electron chi connectivity index (χ2n) is 5.55. The van der Waals surface area contributed by atoms with Crippen LogP contribution in [0.3, 0.4) is 0 Å². The zero-order valence-corrected chi connectivity index (χ0v) is 12.2. The van der Waals surface area contributed by atoms with Gasteiger partial charge in [0, 0.05) is 11.5 Å². The molecule has 0 unspecified atom stereocenters. The van der Waals surface area contributed by atoms with Crippen LogP contribution in [0.2, 0.25) is 0 Å². The molecule has 112 valence electrons. The molecule has 0 saturated heterocycles. The zero-order valence-electron chi connectivity index (χ0n) is 12.2. The average molecular weight is 288 g/mol. The van der Waals surface area contributed by atoms with Crippen LogP contribution in [0.4, 0.5) is 8.78 Å². The number of rotatable bonds is 5. The van der Waals surface area contributed by atoms with Crippen LogP contribution in [0.15, 0.2) is 12.1 Å². The molecule has 4 nitrogen and oxygen atoms in total. The first-order valence-corrected chi connectivity index (χ1v) is 6.11. The van der Waals surface area contributed by atoms with Gasteiger partial charge in [-0.2, -0.15) is 0 Å². The molecule has 1 aromatic rings. The van der Waals surface area contributed by atoms with Crippen molar-refractivity contribution in [3.63, 3.8) is 0 Å². The van der Waals surface area contributed by atoms with Crippen LogP contribution >= 0.6 is 0 Å². The van der Waals surface area contributed by atoms with Crippen molar-refractivity contribution < 1.29 is 28.3 Å². The summed E-state index contributed by atoms with van der Waals surface area (Å²) >= 11 is 0. The summed E-state index contributed by atoms with van der Waals surface area (Å²) in [6.45, 7) is 6.11. The highest BCUT2D eigenvalue weighted by molar-refractivity contribution is 6.61. The number of hydrogen-bond acceptors (Lipinski definition) is 4. The molecule has 1 rings (SSSR count). The predicted octanol–water partition coefficient (Wildman–Crippen LogP) is 1.23. The van der Waals surface area contributed by atoms with Crippen molar-refractivity contribution in [3.05, 3.63) is 23.8 Å². The lowest BCUT2D eigenvalue weighted by molar-refractivity contribution is -0.0983. The fourth-order valence-corrected chi connectivity index (χ4v) is 1.47. The standard InChI is InChI=1S/C13H19BF2O4/c1-12(2,17)13(3,4)20-14(18)9-6-8(15)7-10(16)11(9)19-5/h6-7,17-18H,1-5H3. The van der Waals surface area contributed by atoms with Gasteiger partial charge in [-0.25, -0.2) is 8.78 Å². The van der Waals surface area contributed by atoms with Crippen molar-refractivity contribution in [2.24, 2.45) is 0 Å². The zero-order chi connectivity index (χ0) is 15.7. The van der Waals surface area contributed by atoms with Crippen LogP contribution in [-0.4, -0.2) is 35.6 Å². The molecule has 7 heteroatoms. The maximum absolute atomic E-state index is 13.6. The molecule has 0 atom stereocenters. The molecule has 0 aliphatic rings. The Morgan fingerprint density at radius 2 is 1.70 bits per heavy atom. The Morgan fingerprint density at radius 3 is 2.15 bits per heavy atom. The summed E-state index contributed by atoms with van der Waals surface area (Å²) in [5.74, 6) is -2.10.